The number of aromatic nitrogens is 3. The Labute approximate surface area is 237 Å². The maximum absolute atomic E-state index is 12.2. The van der Waals surface area contributed by atoms with Crippen LogP contribution in [0.2, 0.25) is 0 Å². The molecule has 2 amide bonds. The molecule has 1 aliphatic rings. The normalized spacial score (nSPS) is 14.6. The fraction of sp³-hybridized carbons (Fsp3) is 0.300. The van der Waals surface area contributed by atoms with E-state index in [0.29, 0.717) is 11.5 Å². The smallest absolute Gasteiger partial charge is 0.412 e. The number of carbonyl (C=O) groups is 2. The van der Waals surface area contributed by atoms with E-state index >= 15 is 0 Å². The summed E-state index contributed by atoms with van der Waals surface area (Å²) in [6, 6.07) is 15.2. The van der Waals surface area contributed by atoms with Crippen molar-refractivity contribution in [3.63, 3.8) is 0 Å². The molecule has 5 rings (SSSR count). The lowest BCUT2D eigenvalue weighted by atomic mass is 9.97. The number of nitrogens with one attached hydrogen (secondary N) is 1. The zero-order chi connectivity index (χ0) is 28.8. The Bertz CT molecular complexity index is 1640. The number of aryl methyl sites for hydroxylation is 2. The molecule has 0 spiro atoms. The van der Waals surface area contributed by atoms with Crippen LogP contribution in [0, 0.1) is 20.8 Å². The summed E-state index contributed by atoms with van der Waals surface area (Å²) in [4.78, 5) is 30.5. The van der Waals surface area contributed by atoms with Gasteiger partial charge in [0.2, 0.25) is 5.91 Å². The van der Waals surface area contributed by atoms with Crippen molar-refractivity contribution in [1.29, 1.82) is 0 Å². The van der Waals surface area contributed by atoms with Crippen molar-refractivity contribution in [3.8, 4) is 16.1 Å². The quantitative estimate of drug-likeness (QED) is 0.310. The molecule has 1 aliphatic heterocycles. The van der Waals surface area contributed by atoms with E-state index in [1.54, 1.807) is 11.3 Å². The molecule has 206 valence electrons. The first-order valence-corrected chi connectivity index (χ1v) is 13.8. The third-order valence-electron chi connectivity index (χ3n) is 6.63. The molecule has 4 aromatic rings. The molecule has 2 aromatic carbocycles. The van der Waals surface area contributed by atoms with E-state index in [1.807, 2.05) is 80.8 Å². The number of ether oxygens (including phenoxy) is 1. The SMILES string of the molecule is Cc1sc2c(c1C)C(c1ccc(-c3cccc(NC(=O)OC(C)(C)C)c3)cc1)=N[C@@H](CC(N)=O)c1nnc(C)n1-2. The summed E-state index contributed by atoms with van der Waals surface area (Å²) in [7, 11) is 0. The van der Waals surface area contributed by atoms with Crippen LogP contribution >= 0.6 is 11.3 Å². The molecule has 10 heteroatoms. The lowest BCUT2D eigenvalue weighted by Crippen LogP contribution is -2.27. The zero-order valence-electron chi connectivity index (χ0n) is 23.4. The van der Waals surface area contributed by atoms with Crippen LogP contribution in [0.1, 0.15) is 66.5 Å². The van der Waals surface area contributed by atoms with Crippen LogP contribution in [0.3, 0.4) is 0 Å². The third-order valence-corrected chi connectivity index (χ3v) is 7.83. The van der Waals surface area contributed by atoms with E-state index in [-0.39, 0.29) is 6.42 Å². The molecule has 0 bridgehead atoms. The van der Waals surface area contributed by atoms with Crippen molar-refractivity contribution >= 4 is 34.7 Å². The molecule has 0 fully saturated rings. The highest BCUT2D eigenvalue weighted by atomic mass is 32.1. The average Bonchev–Trinajstić information content (AvgIpc) is 3.35. The van der Waals surface area contributed by atoms with Gasteiger partial charge in [0.1, 0.15) is 22.5 Å². The Kier molecular flexibility index (Phi) is 7.05. The molecule has 0 saturated heterocycles. The molecule has 3 N–H and O–H groups in total. The van der Waals surface area contributed by atoms with Gasteiger partial charge in [0, 0.05) is 21.7 Å². The molecule has 0 unspecified atom stereocenters. The molecular weight excluding hydrogens is 524 g/mol. The third kappa shape index (κ3) is 5.40. The average molecular weight is 557 g/mol. The molecule has 0 radical (unpaired) electrons. The summed E-state index contributed by atoms with van der Waals surface area (Å²) in [6.07, 6.45) is -0.469. The van der Waals surface area contributed by atoms with E-state index in [2.05, 4.69) is 29.4 Å². The van der Waals surface area contributed by atoms with Crippen LogP contribution in [0.15, 0.2) is 53.5 Å². The van der Waals surface area contributed by atoms with Crippen molar-refractivity contribution in [2.75, 3.05) is 5.32 Å². The highest BCUT2D eigenvalue weighted by Crippen LogP contribution is 2.39. The Balaban J connectivity index is 1.52. The number of nitrogens with two attached hydrogens (primary N) is 1. The van der Waals surface area contributed by atoms with Crippen molar-refractivity contribution < 1.29 is 14.3 Å². The van der Waals surface area contributed by atoms with Gasteiger partial charge in [0.05, 0.1) is 12.1 Å². The van der Waals surface area contributed by atoms with Crippen molar-refractivity contribution in [3.05, 3.63) is 81.7 Å². The molecule has 40 heavy (non-hydrogen) atoms. The minimum atomic E-state index is -0.582. The van der Waals surface area contributed by atoms with E-state index in [4.69, 9.17) is 15.5 Å². The second-order valence-electron chi connectivity index (χ2n) is 10.9. The number of fused-ring (bicyclic) bond motifs is 3. The number of thiophene rings is 1. The Morgan fingerprint density at radius 3 is 2.40 bits per heavy atom. The van der Waals surface area contributed by atoms with Gasteiger partial charge in [-0.3, -0.25) is 19.7 Å². The molecule has 0 aliphatic carbocycles. The van der Waals surface area contributed by atoms with Gasteiger partial charge in [-0.05, 0) is 70.4 Å². The number of aliphatic imine (C=N–C) groups is 1. The second kappa shape index (κ2) is 10.3. The first-order chi connectivity index (χ1) is 18.9. The van der Waals surface area contributed by atoms with Crippen LogP contribution in [-0.2, 0) is 9.53 Å². The van der Waals surface area contributed by atoms with E-state index in [0.717, 1.165) is 44.4 Å². The maximum Gasteiger partial charge on any atom is 0.412 e. The second-order valence-corrected chi connectivity index (χ2v) is 12.1. The minimum Gasteiger partial charge on any atom is -0.444 e. The van der Waals surface area contributed by atoms with Gasteiger partial charge in [0.15, 0.2) is 5.82 Å². The number of primary amides is 1. The lowest BCUT2D eigenvalue weighted by molar-refractivity contribution is -0.118. The first kappa shape index (κ1) is 27.3. The molecule has 1 atom stereocenters. The molecule has 9 nitrogen and oxygen atoms in total. The Morgan fingerprint density at radius 1 is 1.02 bits per heavy atom. The predicted octanol–water partition coefficient (Wildman–Crippen LogP) is 6.04. The summed E-state index contributed by atoms with van der Waals surface area (Å²) in [5, 5.41) is 12.5. The summed E-state index contributed by atoms with van der Waals surface area (Å²) < 4.78 is 7.38. The summed E-state index contributed by atoms with van der Waals surface area (Å²) in [5.41, 5.74) is 11.4. The van der Waals surface area contributed by atoms with Gasteiger partial charge >= 0.3 is 6.09 Å². The number of anilines is 1. The zero-order valence-corrected chi connectivity index (χ0v) is 24.2. The lowest BCUT2D eigenvalue weighted by Gasteiger charge is -2.19. The van der Waals surface area contributed by atoms with E-state index < -0.39 is 23.6 Å². The molecular formula is C30H32N6O3S. The first-order valence-electron chi connectivity index (χ1n) is 13.0. The summed E-state index contributed by atoms with van der Waals surface area (Å²) >= 11 is 1.66. The summed E-state index contributed by atoms with van der Waals surface area (Å²) in [5.74, 6) is 0.895. The number of hydrogen-bond donors (Lipinski definition) is 2. The van der Waals surface area contributed by atoms with E-state index in [1.165, 1.54) is 4.88 Å². The van der Waals surface area contributed by atoms with Crippen LogP contribution in [-0.4, -0.2) is 38.1 Å². The van der Waals surface area contributed by atoms with Crippen LogP contribution in [0.25, 0.3) is 16.1 Å². The number of benzene rings is 2. The topological polar surface area (TPSA) is 124 Å². The fourth-order valence-electron chi connectivity index (χ4n) is 4.73. The maximum atomic E-state index is 12.2. The fourth-order valence-corrected chi connectivity index (χ4v) is 5.95. The number of carbonyl (C=O) groups excluding carboxylic acids is 2. The molecule has 0 saturated carbocycles. The van der Waals surface area contributed by atoms with Gasteiger partial charge in [-0.15, -0.1) is 21.5 Å². The van der Waals surface area contributed by atoms with Crippen molar-refractivity contribution in [1.82, 2.24) is 14.8 Å². The minimum absolute atomic E-state index is 0.0319. The number of amides is 2. The summed E-state index contributed by atoms with van der Waals surface area (Å²) in [6.45, 7) is 11.6. The van der Waals surface area contributed by atoms with Gasteiger partial charge in [-0.25, -0.2) is 4.79 Å². The highest BCUT2D eigenvalue weighted by Gasteiger charge is 2.32. The van der Waals surface area contributed by atoms with Crippen LogP contribution < -0.4 is 11.1 Å². The van der Waals surface area contributed by atoms with Gasteiger partial charge in [-0.2, -0.15) is 0 Å². The van der Waals surface area contributed by atoms with Gasteiger partial charge < -0.3 is 10.5 Å². The Morgan fingerprint density at radius 2 is 1.73 bits per heavy atom. The monoisotopic (exact) mass is 556 g/mol. The molecule has 2 aromatic heterocycles. The largest absolute Gasteiger partial charge is 0.444 e. The van der Waals surface area contributed by atoms with Crippen LogP contribution in [0.5, 0.6) is 0 Å². The standard InChI is InChI=1S/C30H32N6O3S/c1-16-17(2)40-28-25(16)26(33-23(15-24(31)37)27-35-34-18(3)36(27)28)20-12-10-19(11-13-20)21-8-7-9-22(14-21)32-29(38)39-30(4,5)6/h7-14,23H,15H2,1-6H3,(H2,31,37)(H,32,38)/t23-/m0/s1. The highest BCUT2D eigenvalue weighted by molar-refractivity contribution is 7.15. The van der Waals surface area contributed by atoms with Crippen LogP contribution in [0.4, 0.5) is 10.5 Å². The molecule has 3 heterocycles. The van der Waals surface area contributed by atoms with Gasteiger partial charge in [-0.1, -0.05) is 36.4 Å². The van der Waals surface area contributed by atoms with E-state index in [9.17, 15) is 9.59 Å². The number of rotatable bonds is 5. The number of nitrogens with zero attached hydrogens (tertiary/aromatic N) is 4. The van der Waals surface area contributed by atoms with Gasteiger partial charge in [0.25, 0.3) is 0 Å². The van der Waals surface area contributed by atoms with Crippen molar-refractivity contribution in [2.45, 2.75) is 59.6 Å². The van der Waals surface area contributed by atoms with Crippen molar-refractivity contribution in [2.24, 2.45) is 10.7 Å². The number of hydrogen-bond acceptors (Lipinski definition) is 7. The predicted molar refractivity (Wildman–Crippen MR) is 157 cm³/mol. The Hall–Kier alpha value is -4.31.